The molecule has 3 rings (SSSR count). The number of aromatic nitrogens is 2. The number of carbonyl (C=O) groups is 1. The van der Waals surface area contributed by atoms with Crippen molar-refractivity contribution in [1.29, 1.82) is 0 Å². The maximum absolute atomic E-state index is 13.0. The molecule has 9 nitrogen and oxygen atoms in total. The number of aromatic amines is 1. The zero-order chi connectivity index (χ0) is 20.3. The van der Waals surface area contributed by atoms with Crippen LogP contribution in [0.15, 0.2) is 30.5 Å². The Morgan fingerprint density at radius 3 is 2.57 bits per heavy atom. The van der Waals surface area contributed by atoms with Crippen LogP contribution in [0, 0.1) is 10.1 Å². The van der Waals surface area contributed by atoms with Crippen molar-refractivity contribution in [2.24, 2.45) is 0 Å². The number of rotatable bonds is 4. The summed E-state index contributed by atoms with van der Waals surface area (Å²) >= 11 is 0. The number of anilines is 1. The molecule has 1 aromatic carbocycles. The van der Waals surface area contributed by atoms with Gasteiger partial charge in [0.2, 0.25) is 0 Å². The molecule has 0 aliphatic carbocycles. The lowest BCUT2D eigenvalue weighted by Crippen LogP contribution is -2.48. The largest absolute Gasteiger partial charge is 0.443 e. The minimum Gasteiger partial charge on any atom is -0.443 e. The molecule has 1 aliphatic rings. The van der Waals surface area contributed by atoms with Gasteiger partial charge >= 0.3 is 6.09 Å². The second-order valence-corrected chi connectivity index (χ2v) is 7.76. The van der Waals surface area contributed by atoms with E-state index < -0.39 is 16.6 Å². The van der Waals surface area contributed by atoms with E-state index in [4.69, 9.17) is 4.74 Å². The number of carbonyl (C=O) groups excluding carboxylic acids is 1. The Balaban J connectivity index is 2.05. The minimum atomic E-state index is -0.701. The van der Waals surface area contributed by atoms with Gasteiger partial charge in [-0.15, -0.1) is 0 Å². The Labute approximate surface area is 163 Å². The van der Waals surface area contributed by atoms with Gasteiger partial charge in [-0.3, -0.25) is 20.1 Å². The third-order valence-corrected chi connectivity index (χ3v) is 4.51. The lowest BCUT2D eigenvalue weighted by molar-refractivity contribution is -0.384. The van der Waals surface area contributed by atoms with Gasteiger partial charge in [0.05, 0.1) is 10.6 Å². The highest BCUT2D eigenvalue weighted by molar-refractivity contribution is 5.92. The van der Waals surface area contributed by atoms with E-state index in [-0.39, 0.29) is 17.4 Å². The molecule has 2 N–H and O–H groups in total. The average molecular weight is 387 g/mol. The average Bonchev–Trinajstić information content (AvgIpc) is 3.16. The summed E-state index contributed by atoms with van der Waals surface area (Å²) in [6.45, 7) is 6.82. The molecule has 1 aromatic heterocycles. The summed E-state index contributed by atoms with van der Waals surface area (Å²) < 4.78 is 5.57. The third-order valence-electron chi connectivity index (χ3n) is 4.51. The van der Waals surface area contributed by atoms with Crippen LogP contribution in [0.5, 0.6) is 0 Å². The maximum atomic E-state index is 13.0. The first-order chi connectivity index (χ1) is 13.3. The van der Waals surface area contributed by atoms with Gasteiger partial charge in [-0.2, -0.15) is 5.10 Å². The summed E-state index contributed by atoms with van der Waals surface area (Å²) in [5.41, 5.74) is 0.695. The number of nitro groups is 1. The Morgan fingerprint density at radius 1 is 1.29 bits per heavy atom. The summed E-state index contributed by atoms with van der Waals surface area (Å²) in [5, 5.41) is 21.8. The summed E-state index contributed by atoms with van der Waals surface area (Å²) in [5.74, 6) is 0. The van der Waals surface area contributed by atoms with E-state index in [1.54, 1.807) is 45.2 Å². The van der Waals surface area contributed by atoms with Crippen LogP contribution in [0.2, 0.25) is 0 Å². The van der Waals surface area contributed by atoms with Crippen LogP contribution < -0.4 is 10.2 Å². The number of nitrogens with zero attached hydrogens (tertiary/aromatic N) is 3. The quantitative estimate of drug-likeness (QED) is 0.613. The van der Waals surface area contributed by atoms with Crippen LogP contribution in [0.25, 0.3) is 11.3 Å². The van der Waals surface area contributed by atoms with Gasteiger partial charge in [0.1, 0.15) is 11.3 Å². The first kappa shape index (κ1) is 19.8. The fourth-order valence-electron chi connectivity index (χ4n) is 3.28. The lowest BCUT2D eigenvalue weighted by atomic mass is 10.0. The Hall–Kier alpha value is -2.94. The van der Waals surface area contributed by atoms with Gasteiger partial charge in [-0.25, -0.2) is 4.79 Å². The minimum absolute atomic E-state index is 0.142. The van der Waals surface area contributed by atoms with Crippen molar-refractivity contribution < 1.29 is 14.5 Å². The molecular weight excluding hydrogens is 362 g/mol. The van der Waals surface area contributed by atoms with Crippen molar-refractivity contribution in [3.8, 4) is 11.3 Å². The molecule has 0 saturated carbocycles. The van der Waals surface area contributed by atoms with Crippen molar-refractivity contribution in [2.75, 3.05) is 18.0 Å². The third kappa shape index (κ3) is 4.48. The van der Waals surface area contributed by atoms with Crippen molar-refractivity contribution >= 4 is 17.5 Å². The monoisotopic (exact) mass is 387 g/mol. The number of benzene rings is 1. The number of nitrogens with one attached hydrogen (secondary N) is 2. The zero-order valence-corrected chi connectivity index (χ0v) is 16.3. The van der Waals surface area contributed by atoms with E-state index in [0.29, 0.717) is 24.1 Å². The summed E-state index contributed by atoms with van der Waals surface area (Å²) in [4.78, 5) is 25.8. The molecule has 150 valence electrons. The first-order valence-electron chi connectivity index (χ1n) is 9.27. The SMILES string of the molecule is CC(C)(C)OC(=O)N(c1ccc(-c2ccn[nH]2)cc1[N+](=O)[O-])C1CCNCC1. The van der Waals surface area contributed by atoms with Gasteiger partial charge in [0, 0.05) is 23.9 Å². The number of amides is 1. The fraction of sp³-hybridized carbons (Fsp3) is 0.474. The summed E-state index contributed by atoms with van der Waals surface area (Å²) in [6, 6.07) is 6.38. The van der Waals surface area contributed by atoms with Gasteiger partial charge in [-0.05, 0) is 58.8 Å². The maximum Gasteiger partial charge on any atom is 0.415 e. The van der Waals surface area contributed by atoms with Crippen LogP contribution in [0.1, 0.15) is 33.6 Å². The van der Waals surface area contributed by atoms with Gasteiger partial charge < -0.3 is 10.1 Å². The Bertz CT molecular complexity index is 839. The molecule has 0 atom stereocenters. The molecule has 0 bridgehead atoms. The molecule has 1 saturated heterocycles. The number of hydrogen-bond acceptors (Lipinski definition) is 6. The Kier molecular flexibility index (Phi) is 5.64. The molecule has 0 radical (unpaired) electrons. The highest BCUT2D eigenvalue weighted by Gasteiger charge is 2.34. The second-order valence-electron chi connectivity index (χ2n) is 7.76. The van der Waals surface area contributed by atoms with Crippen molar-refractivity contribution in [1.82, 2.24) is 15.5 Å². The molecule has 0 unspecified atom stereocenters. The van der Waals surface area contributed by atoms with Gasteiger partial charge in [0.15, 0.2) is 0 Å². The van der Waals surface area contributed by atoms with Crippen molar-refractivity contribution in [2.45, 2.75) is 45.3 Å². The van der Waals surface area contributed by atoms with Crippen LogP contribution >= 0.6 is 0 Å². The van der Waals surface area contributed by atoms with Crippen LogP contribution in [0.4, 0.5) is 16.2 Å². The molecule has 1 amide bonds. The molecule has 28 heavy (non-hydrogen) atoms. The second kappa shape index (κ2) is 7.97. The molecule has 2 aromatic rings. The number of piperidine rings is 1. The number of H-pyrrole nitrogens is 1. The Morgan fingerprint density at radius 2 is 2.00 bits per heavy atom. The van der Waals surface area contributed by atoms with E-state index in [0.717, 1.165) is 13.1 Å². The zero-order valence-electron chi connectivity index (χ0n) is 16.3. The van der Waals surface area contributed by atoms with E-state index >= 15 is 0 Å². The summed E-state index contributed by atoms with van der Waals surface area (Å²) in [7, 11) is 0. The van der Waals surface area contributed by atoms with Crippen LogP contribution in [0.3, 0.4) is 0 Å². The molecule has 0 spiro atoms. The standard InChI is InChI=1S/C19H25N5O4/c1-19(2,3)28-18(25)23(14-6-9-20-10-7-14)16-5-4-13(12-17(16)24(26)27)15-8-11-21-22-15/h4-5,8,11-12,14,20H,6-7,9-10H2,1-3H3,(H,21,22). The molecule has 1 fully saturated rings. The fourth-order valence-corrected chi connectivity index (χ4v) is 3.28. The predicted octanol–water partition coefficient (Wildman–Crippen LogP) is 3.48. The first-order valence-corrected chi connectivity index (χ1v) is 9.27. The highest BCUT2D eigenvalue weighted by Crippen LogP contribution is 2.36. The predicted molar refractivity (Wildman–Crippen MR) is 105 cm³/mol. The summed E-state index contributed by atoms with van der Waals surface area (Å²) in [6.07, 6.45) is 2.39. The highest BCUT2D eigenvalue weighted by atomic mass is 16.6. The number of hydrogen-bond donors (Lipinski definition) is 2. The molecule has 2 heterocycles. The molecular formula is C19H25N5O4. The van der Waals surface area contributed by atoms with E-state index in [2.05, 4.69) is 15.5 Å². The number of ether oxygens (including phenoxy) is 1. The topological polar surface area (TPSA) is 113 Å². The van der Waals surface area contributed by atoms with Crippen LogP contribution in [-0.2, 0) is 4.74 Å². The normalized spacial score (nSPS) is 15.2. The number of nitro benzene ring substituents is 1. The van der Waals surface area contributed by atoms with E-state index in [9.17, 15) is 14.9 Å². The lowest BCUT2D eigenvalue weighted by Gasteiger charge is -2.35. The van der Waals surface area contributed by atoms with Crippen LogP contribution in [-0.4, -0.2) is 45.9 Å². The van der Waals surface area contributed by atoms with E-state index in [1.807, 2.05) is 0 Å². The van der Waals surface area contributed by atoms with E-state index in [1.165, 1.54) is 11.0 Å². The van der Waals surface area contributed by atoms with Gasteiger partial charge in [0.25, 0.3) is 5.69 Å². The van der Waals surface area contributed by atoms with Crippen molar-refractivity contribution in [3.05, 3.63) is 40.6 Å². The molecule has 9 heteroatoms. The van der Waals surface area contributed by atoms with Gasteiger partial charge in [-0.1, -0.05) is 6.07 Å². The van der Waals surface area contributed by atoms with Crippen molar-refractivity contribution in [3.63, 3.8) is 0 Å². The smallest absolute Gasteiger partial charge is 0.415 e. The molecule has 1 aliphatic heterocycles.